The standard InChI is InChI=1S/C17H26N4O3S/c1-3-11-21(12-4-2)13-7-10-18-17(22)16-19-14-8-5-6-9-15(14)25(23,24)20-16/h5-6,8-9H,3-4,7,10-13H2,1-2H3,(H,18,22)(H,19,20). The highest BCUT2D eigenvalue weighted by molar-refractivity contribution is 7.90. The molecule has 1 aromatic carbocycles. The van der Waals surface area contributed by atoms with Crippen molar-refractivity contribution in [2.75, 3.05) is 31.5 Å². The highest BCUT2D eigenvalue weighted by atomic mass is 32.2. The average Bonchev–Trinajstić information content (AvgIpc) is 2.58. The Morgan fingerprint density at radius 2 is 1.84 bits per heavy atom. The maximum Gasteiger partial charge on any atom is 0.287 e. The first-order valence-corrected chi connectivity index (χ1v) is 10.1. The van der Waals surface area contributed by atoms with E-state index >= 15 is 0 Å². The fourth-order valence-corrected chi connectivity index (χ4v) is 3.88. The second kappa shape index (κ2) is 8.96. The second-order valence-electron chi connectivity index (χ2n) is 5.99. The molecule has 2 rings (SSSR count). The van der Waals surface area contributed by atoms with Crippen LogP contribution in [0.2, 0.25) is 0 Å². The van der Waals surface area contributed by atoms with Crippen molar-refractivity contribution in [2.24, 2.45) is 4.40 Å². The van der Waals surface area contributed by atoms with Crippen LogP contribution >= 0.6 is 0 Å². The van der Waals surface area contributed by atoms with Gasteiger partial charge in [-0.3, -0.25) is 4.79 Å². The average molecular weight is 366 g/mol. The SMILES string of the molecule is CCCN(CCC)CCCNC(=O)C1=NS(=O)(=O)c2ccccc2N1. The number of nitrogens with zero attached hydrogens (tertiary/aromatic N) is 2. The van der Waals surface area contributed by atoms with Crippen LogP contribution in [0.15, 0.2) is 33.6 Å². The molecule has 0 radical (unpaired) electrons. The van der Waals surface area contributed by atoms with Crippen LogP contribution < -0.4 is 10.6 Å². The third-order valence-corrected chi connectivity index (χ3v) is 5.20. The van der Waals surface area contributed by atoms with Gasteiger partial charge in [-0.15, -0.1) is 4.40 Å². The van der Waals surface area contributed by atoms with Crippen LogP contribution in [-0.4, -0.2) is 51.2 Å². The molecule has 25 heavy (non-hydrogen) atoms. The second-order valence-corrected chi connectivity index (χ2v) is 7.56. The van der Waals surface area contributed by atoms with E-state index < -0.39 is 15.9 Å². The summed E-state index contributed by atoms with van der Waals surface area (Å²) in [7, 11) is -3.84. The normalized spacial score (nSPS) is 15.2. The lowest BCUT2D eigenvalue weighted by Crippen LogP contribution is -2.39. The Morgan fingerprint density at radius 3 is 2.52 bits per heavy atom. The molecule has 138 valence electrons. The molecule has 0 saturated heterocycles. The molecule has 0 atom stereocenters. The van der Waals surface area contributed by atoms with E-state index in [1.54, 1.807) is 18.2 Å². The number of rotatable bonds is 9. The molecule has 0 spiro atoms. The van der Waals surface area contributed by atoms with Crippen LogP contribution in [0.3, 0.4) is 0 Å². The number of fused-ring (bicyclic) bond motifs is 1. The van der Waals surface area contributed by atoms with Crippen molar-refractivity contribution >= 4 is 27.5 Å². The van der Waals surface area contributed by atoms with E-state index in [4.69, 9.17) is 0 Å². The quantitative estimate of drug-likeness (QED) is 0.651. The number of amides is 1. The van der Waals surface area contributed by atoms with Crippen molar-refractivity contribution in [1.82, 2.24) is 10.2 Å². The van der Waals surface area contributed by atoms with Crippen LogP contribution in [-0.2, 0) is 14.8 Å². The van der Waals surface area contributed by atoms with E-state index in [1.165, 1.54) is 6.07 Å². The molecule has 8 heteroatoms. The Labute approximate surface area is 149 Å². The molecule has 2 N–H and O–H groups in total. The van der Waals surface area contributed by atoms with Crippen molar-refractivity contribution in [2.45, 2.75) is 38.0 Å². The van der Waals surface area contributed by atoms with Gasteiger partial charge in [-0.2, -0.15) is 8.42 Å². The maximum atomic E-state index is 12.2. The topological polar surface area (TPSA) is 90.9 Å². The van der Waals surface area contributed by atoms with E-state index in [2.05, 4.69) is 33.8 Å². The maximum absolute atomic E-state index is 12.2. The Kier molecular flexibility index (Phi) is 6.95. The highest BCUT2D eigenvalue weighted by Crippen LogP contribution is 2.26. The predicted octanol–water partition coefficient (Wildman–Crippen LogP) is 1.83. The molecular weight excluding hydrogens is 340 g/mol. The van der Waals surface area contributed by atoms with Crippen LogP contribution in [0.4, 0.5) is 5.69 Å². The number of amidine groups is 1. The van der Waals surface area contributed by atoms with E-state index in [0.717, 1.165) is 38.9 Å². The van der Waals surface area contributed by atoms with Crippen molar-refractivity contribution in [1.29, 1.82) is 0 Å². The fourth-order valence-electron chi connectivity index (χ4n) is 2.77. The largest absolute Gasteiger partial charge is 0.349 e. The van der Waals surface area contributed by atoms with E-state index in [0.29, 0.717) is 12.2 Å². The third-order valence-electron chi connectivity index (χ3n) is 3.86. The van der Waals surface area contributed by atoms with Crippen LogP contribution in [0.5, 0.6) is 0 Å². The summed E-state index contributed by atoms with van der Waals surface area (Å²) < 4.78 is 27.9. The van der Waals surface area contributed by atoms with Crippen LogP contribution in [0, 0.1) is 0 Å². The number of sulfonamides is 1. The predicted molar refractivity (Wildman–Crippen MR) is 99.3 cm³/mol. The Morgan fingerprint density at radius 1 is 1.16 bits per heavy atom. The Bertz CT molecular complexity index is 725. The number of nitrogens with one attached hydrogen (secondary N) is 2. The first-order valence-electron chi connectivity index (χ1n) is 8.69. The first-order chi connectivity index (χ1) is 12.0. The minimum atomic E-state index is -3.84. The van der Waals surface area contributed by atoms with Gasteiger partial charge < -0.3 is 15.5 Å². The number of carbonyl (C=O) groups excluding carboxylic acids is 1. The van der Waals surface area contributed by atoms with Gasteiger partial charge in [0.25, 0.3) is 15.9 Å². The van der Waals surface area contributed by atoms with Crippen molar-refractivity contribution in [3.63, 3.8) is 0 Å². The van der Waals surface area contributed by atoms with E-state index in [-0.39, 0.29) is 10.7 Å². The van der Waals surface area contributed by atoms with Crippen molar-refractivity contribution in [3.05, 3.63) is 24.3 Å². The Balaban J connectivity index is 1.89. The summed E-state index contributed by atoms with van der Waals surface area (Å²) in [6.45, 7) is 7.77. The number of hydrogen-bond donors (Lipinski definition) is 2. The smallest absolute Gasteiger partial charge is 0.287 e. The molecule has 1 aliphatic heterocycles. The van der Waals surface area contributed by atoms with Gasteiger partial charge in [0.15, 0.2) is 0 Å². The molecule has 0 fully saturated rings. The lowest BCUT2D eigenvalue weighted by atomic mass is 10.3. The summed E-state index contributed by atoms with van der Waals surface area (Å²) in [4.78, 5) is 14.7. The molecule has 7 nitrogen and oxygen atoms in total. The van der Waals surface area contributed by atoms with Crippen LogP contribution in [0.25, 0.3) is 0 Å². The number of anilines is 1. The van der Waals surface area contributed by atoms with Gasteiger partial charge in [0.2, 0.25) is 5.84 Å². The minimum Gasteiger partial charge on any atom is -0.349 e. The zero-order chi connectivity index (χ0) is 18.3. The molecule has 0 bridgehead atoms. The minimum absolute atomic E-state index is 0.0846. The molecule has 0 unspecified atom stereocenters. The van der Waals surface area contributed by atoms with Gasteiger partial charge in [-0.05, 0) is 51.0 Å². The van der Waals surface area contributed by atoms with Crippen molar-refractivity contribution in [3.8, 4) is 0 Å². The molecule has 0 aliphatic carbocycles. The van der Waals surface area contributed by atoms with Gasteiger partial charge in [-0.25, -0.2) is 0 Å². The van der Waals surface area contributed by atoms with E-state index in [9.17, 15) is 13.2 Å². The summed E-state index contributed by atoms with van der Waals surface area (Å²) in [5.41, 5.74) is 0.375. The van der Waals surface area contributed by atoms with Gasteiger partial charge in [0, 0.05) is 6.54 Å². The lowest BCUT2D eigenvalue weighted by Gasteiger charge is -2.21. The number of hydrogen-bond acceptors (Lipinski definition) is 5. The zero-order valence-electron chi connectivity index (χ0n) is 14.8. The summed E-state index contributed by atoms with van der Waals surface area (Å²) in [6, 6.07) is 6.41. The number of benzene rings is 1. The molecule has 0 saturated carbocycles. The summed E-state index contributed by atoms with van der Waals surface area (Å²) in [5.74, 6) is -0.687. The van der Waals surface area contributed by atoms with Gasteiger partial charge >= 0.3 is 0 Å². The summed E-state index contributed by atoms with van der Waals surface area (Å²) >= 11 is 0. The highest BCUT2D eigenvalue weighted by Gasteiger charge is 2.27. The fraction of sp³-hybridized carbons (Fsp3) is 0.529. The summed E-state index contributed by atoms with van der Waals surface area (Å²) in [6.07, 6.45) is 3.01. The summed E-state index contributed by atoms with van der Waals surface area (Å²) in [5, 5.41) is 5.53. The molecule has 0 aromatic heterocycles. The molecular formula is C17H26N4O3S. The Hall–Kier alpha value is -1.93. The van der Waals surface area contributed by atoms with Gasteiger partial charge in [-0.1, -0.05) is 26.0 Å². The first kappa shape index (κ1) is 19.4. The number of para-hydroxylation sites is 1. The van der Waals surface area contributed by atoms with E-state index in [1.807, 2.05) is 0 Å². The van der Waals surface area contributed by atoms with Gasteiger partial charge in [0.05, 0.1) is 5.69 Å². The lowest BCUT2D eigenvalue weighted by molar-refractivity contribution is -0.114. The molecule has 1 amide bonds. The zero-order valence-corrected chi connectivity index (χ0v) is 15.6. The van der Waals surface area contributed by atoms with Crippen LogP contribution in [0.1, 0.15) is 33.1 Å². The monoisotopic (exact) mass is 366 g/mol. The van der Waals surface area contributed by atoms with Crippen molar-refractivity contribution < 1.29 is 13.2 Å². The van der Waals surface area contributed by atoms with Gasteiger partial charge in [0.1, 0.15) is 4.90 Å². The molecule has 1 aromatic rings. The third kappa shape index (κ3) is 5.27. The number of carbonyl (C=O) groups is 1. The molecule has 1 heterocycles. The molecule has 1 aliphatic rings.